The molecule has 4 nitrogen and oxygen atoms in total. The number of nitrogens with one attached hydrogen (secondary N) is 2. The van der Waals surface area contributed by atoms with E-state index in [0.29, 0.717) is 17.1 Å². The number of benzene rings is 1. The Morgan fingerprint density at radius 1 is 1.10 bits per heavy atom. The molecule has 0 heterocycles. The maximum Gasteiger partial charge on any atom is 0.242 e. The second-order valence-corrected chi connectivity index (χ2v) is 7.08. The van der Waals surface area contributed by atoms with E-state index < -0.39 is 10.0 Å². The van der Waals surface area contributed by atoms with Gasteiger partial charge >= 0.3 is 0 Å². The summed E-state index contributed by atoms with van der Waals surface area (Å²) < 4.78 is 27.7. The predicted octanol–water partition coefficient (Wildman–Crippen LogP) is 3.76. The lowest BCUT2D eigenvalue weighted by Gasteiger charge is -2.16. The third kappa shape index (κ3) is 6.06. The molecule has 1 rings (SSSR count). The van der Waals surface area contributed by atoms with Crippen LogP contribution >= 0.6 is 0 Å². The van der Waals surface area contributed by atoms with E-state index >= 15 is 0 Å². The molecule has 0 saturated heterocycles. The van der Waals surface area contributed by atoms with Gasteiger partial charge in [0.2, 0.25) is 10.0 Å². The fourth-order valence-corrected chi connectivity index (χ4v) is 3.76. The second-order valence-electron chi connectivity index (χ2n) is 5.40. The van der Waals surface area contributed by atoms with E-state index in [0.717, 1.165) is 19.3 Å². The lowest BCUT2D eigenvalue weighted by atomic mass is 10.1. The first-order valence-electron chi connectivity index (χ1n) is 7.86. The van der Waals surface area contributed by atoms with Crippen LogP contribution in [-0.4, -0.2) is 21.0 Å². The fraction of sp³-hybridized carbons (Fsp3) is 0.625. The SMILES string of the molecule is CCCCCCC(C)NS(=O)(=O)c1ccccc1NCC. The minimum Gasteiger partial charge on any atom is -0.384 e. The Balaban J connectivity index is 2.68. The largest absolute Gasteiger partial charge is 0.384 e. The summed E-state index contributed by atoms with van der Waals surface area (Å²) in [6.07, 6.45) is 5.50. The summed E-state index contributed by atoms with van der Waals surface area (Å²) in [5.41, 5.74) is 0.658. The van der Waals surface area contributed by atoms with Crippen molar-refractivity contribution in [3.8, 4) is 0 Å². The fourth-order valence-electron chi connectivity index (χ4n) is 2.30. The van der Waals surface area contributed by atoms with Gasteiger partial charge in [-0.15, -0.1) is 0 Å². The number of unbranched alkanes of at least 4 members (excludes halogenated alkanes) is 3. The predicted molar refractivity (Wildman–Crippen MR) is 89.1 cm³/mol. The van der Waals surface area contributed by atoms with Crippen LogP contribution < -0.4 is 10.0 Å². The first-order chi connectivity index (χ1) is 10.0. The van der Waals surface area contributed by atoms with Crippen LogP contribution in [0.4, 0.5) is 5.69 Å². The zero-order valence-electron chi connectivity index (χ0n) is 13.4. The molecule has 0 radical (unpaired) electrons. The molecule has 0 saturated carbocycles. The monoisotopic (exact) mass is 312 g/mol. The highest BCUT2D eigenvalue weighted by Gasteiger charge is 2.20. The molecule has 5 heteroatoms. The van der Waals surface area contributed by atoms with E-state index in [4.69, 9.17) is 0 Å². The van der Waals surface area contributed by atoms with Gasteiger partial charge in [-0.25, -0.2) is 13.1 Å². The molecule has 1 aromatic rings. The molecule has 0 amide bonds. The van der Waals surface area contributed by atoms with Gasteiger partial charge in [-0.1, -0.05) is 44.7 Å². The second kappa shape index (κ2) is 9.05. The minimum atomic E-state index is -3.47. The molecule has 2 N–H and O–H groups in total. The number of hydrogen-bond acceptors (Lipinski definition) is 3. The van der Waals surface area contributed by atoms with Crippen LogP contribution in [0.15, 0.2) is 29.2 Å². The van der Waals surface area contributed by atoms with Crippen molar-refractivity contribution in [2.24, 2.45) is 0 Å². The van der Waals surface area contributed by atoms with E-state index in [9.17, 15) is 8.42 Å². The maximum atomic E-state index is 12.5. The average Bonchev–Trinajstić information content (AvgIpc) is 2.44. The highest BCUT2D eigenvalue weighted by molar-refractivity contribution is 7.89. The molecule has 21 heavy (non-hydrogen) atoms. The molecule has 0 aliphatic heterocycles. The van der Waals surface area contributed by atoms with Crippen LogP contribution in [0.25, 0.3) is 0 Å². The van der Waals surface area contributed by atoms with Crippen molar-refractivity contribution in [3.63, 3.8) is 0 Å². The number of sulfonamides is 1. The molecule has 0 bridgehead atoms. The van der Waals surface area contributed by atoms with E-state index in [1.54, 1.807) is 18.2 Å². The van der Waals surface area contributed by atoms with E-state index in [1.807, 2.05) is 19.9 Å². The Hall–Kier alpha value is -1.07. The number of hydrogen-bond donors (Lipinski definition) is 2. The van der Waals surface area contributed by atoms with Gasteiger partial charge in [0.05, 0.1) is 5.69 Å². The summed E-state index contributed by atoms with van der Waals surface area (Å²) in [7, 11) is -3.47. The van der Waals surface area contributed by atoms with Crippen molar-refractivity contribution in [1.29, 1.82) is 0 Å². The first kappa shape index (κ1) is 18.0. The third-order valence-electron chi connectivity index (χ3n) is 3.39. The zero-order chi connectivity index (χ0) is 15.7. The lowest BCUT2D eigenvalue weighted by molar-refractivity contribution is 0.522. The average molecular weight is 312 g/mol. The Labute approximate surface area is 129 Å². The van der Waals surface area contributed by atoms with Crippen molar-refractivity contribution in [3.05, 3.63) is 24.3 Å². The molecule has 1 aromatic carbocycles. The van der Waals surface area contributed by atoms with Crippen molar-refractivity contribution in [2.45, 2.75) is 63.8 Å². The Morgan fingerprint density at radius 3 is 2.48 bits per heavy atom. The zero-order valence-corrected chi connectivity index (χ0v) is 14.2. The van der Waals surface area contributed by atoms with Crippen LogP contribution in [0, 0.1) is 0 Å². The van der Waals surface area contributed by atoms with E-state index in [-0.39, 0.29) is 6.04 Å². The van der Waals surface area contributed by atoms with Gasteiger partial charge in [0.25, 0.3) is 0 Å². The minimum absolute atomic E-state index is 0.0402. The number of anilines is 1. The van der Waals surface area contributed by atoms with E-state index in [2.05, 4.69) is 17.0 Å². The van der Waals surface area contributed by atoms with Crippen molar-refractivity contribution in [2.75, 3.05) is 11.9 Å². The summed E-state index contributed by atoms with van der Waals surface area (Å²) in [5.74, 6) is 0. The van der Waals surface area contributed by atoms with Gasteiger partial charge in [0, 0.05) is 12.6 Å². The van der Waals surface area contributed by atoms with Gasteiger partial charge in [-0.3, -0.25) is 0 Å². The van der Waals surface area contributed by atoms with Gasteiger partial charge in [0.15, 0.2) is 0 Å². The maximum absolute atomic E-state index is 12.5. The van der Waals surface area contributed by atoms with Crippen molar-refractivity contribution < 1.29 is 8.42 Å². The molecule has 120 valence electrons. The van der Waals surface area contributed by atoms with Crippen molar-refractivity contribution in [1.82, 2.24) is 4.72 Å². The molecule has 0 aliphatic rings. The highest BCUT2D eigenvalue weighted by atomic mass is 32.2. The standard InChI is InChI=1S/C16H28N2O2S/c1-4-6-7-8-11-14(3)18-21(19,20)16-13-10-9-12-15(16)17-5-2/h9-10,12-14,17-18H,4-8,11H2,1-3H3. The molecule has 0 aromatic heterocycles. The van der Waals surface area contributed by atoms with Crippen LogP contribution in [0.3, 0.4) is 0 Å². The normalized spacial score (nSPS) is 13.1. The molecular weight excluding hydrogens is 284 g/mol. The Kier molecular flexibility index (Phi) is 7.75. The van der Waals surface area contributed by atoms with Crippen LogP contribution in [-0.2, 0) is 10.0 Å². The molecule has 1 unspecified atom stereocenters. The summed E-state index contributed by atoms with van der Waals surface area (Å²) in [6, 6.07) is 6.99. The lowest BCUT2D eigenvalue weighted by Crippen LogP contribution is -2.33. The molecular formula is C16H28N2O2S. The summed E-state index contributed by atoms with van der Waals surface area (Å²) in [6.45, 7) is 6.75. The first-order valence-corrected chi connectivity index (χ1v) is 9.34. The van der Waals surface area contributed by atoms with E-state index in [1.165, 1.54) is 12.8 Å². The molecule has 0 spiro atoms. The van der Waals surface area contributed by atoms with Gasteiger partial charge in [-0.05, 0) is 32.4 Å². The Bertz CT molecular complexity index is 515. The quantitative estimate of drug-likeness (QED) is 0.647. The summed E-state index contributed by atoms with van der Waals surface area (Å²) >= 11 is 0. The topological polar surface area (TPSA) is 58.2 Å². The van der Waals surface area contributed by atoms with Gasteiger partial charge in [-0.2, -0.15) is 0 Å². The smallest absolute Gasteiger partial charge is 0.242 e. The van der Waals surface area contributed by atoms with Crippen LogP contribution in [0.5, 0.6) is 0 Å². The van der Waals surface area contributed by atoms with Gasteiger partial charge < -0.3 is 5.32 Å². The molecule has 0 fully saturated rings. The van der Waals surface area contributed by atoms with Crippen LogP contribution in [0.1, 0.15) is 52.9 Å². The summed E-state index contributed by atoms with van der Waals surface area (Å²) in [4.78, 5) is 0.326. The third-order valence-corrected chi connectivity index (χ3v) is 5.04. The van der Waals surface area contributed by atoms with Crippen molar-refractivity contribution >= 4 is 15.7 Å². The molecule has 1 atom stereocenters. The number of rotatable bonds is 10. The Morgan fingerprint density at radius 2 is 1.81 bits per heavy atom. The highest BCUT2D eigenvalue weighted by Crippen LogP contribution is 2.21. The van der Waals surface area contributed by atoms with Crippen LogP contribution in [0.2, 0.25) is 0 Å². The number of para-hydroxylation sites is 1. The molecule has 0 aliphatic carbocycles. The van der Waals surface area contributed by atoms with Gasteiger partial charge in [0.1, 0.15) is 4.90 Å². The summed E-state index contributed by atoms with van der Waals surface area (Å²) in [5, 5.41) is 3.10.